The van der Waals surface area contributed by atoms with E-state index in [1.54, 1.807) is 49.6 Å². The number of nitrogens with one attached hydrogen (secondary N) is 2. The summed E-state index contributed by atoms with van der Waals surface area (Å²) in [5.74, 6) is -0.819. The maximum absolute atomic E-state index is 15.9. The van der Waals surface area contributed by atoms with E-state index in [1.165, 1.54) is 29.5 Å². The van der Waals surface area contributed by atoms with Gasteiger partial charge in [-0.25, -0.2) is 28.5 Å². The van der Waals surface area contributed by atoms with Crippen LogP contribution >= 0.6 is 34.5 Å². The Labute approximate surface area is 233 Å². The Morgan fingerprint density at radius 1 is 0.921 bits per heavy atom. The maximum Gasteiger partial charge on any atom is 0.222 e. The van der Waals surface area contributed by atoms with Crippen molar-refractivity contribution in [3.05, 3.63) is 88.7 Å². The molecule has 0 aliphatic carbocycles. The van der Waals surface area contributed by atoms with E-state index < -0.39 is 23.0 Å². The van der Waals surface area contributed by atoms with E-state index in [2.05, 4.69) is 30.0 Å². The largest absolute Gasteiger partial charge is 0.588 e. The van der Waals surface area contributed by atoms with Crippen LogP contribution in [0.5, 0.6) is 0 Å². The second-order valence-corrected chi connectivity index (χ2v) is 10.6. The molecule has 38 heavy (non-hydrogen) atoms. The summed E-state index contributed by atoms with van der Waals surface area (Å²) in [5.41, 5.74) is 1.27. The molecule has 0 saturated heterocycles. The maximum atomic E-state index is 15.9. The molecule has 0 spiro atoms. The molecule has 13 heteroatoms. The molecule has 0 radical (unpaired) electrons. The van der Waals surface area contributed by atoms with Crippen LogP contribution in [0.25, 0.3) is 32.5 Å². The molecular formula is C25H16Cl2F2N6OS2. The number of thiazole rings is 1. The zero-order chi connectivity index (χ0) is 26.8. The third-order valence-corrected chi connectivity index (χ3v) is 8.42. The van der Waals surface area contributed by atoms with E-state index in [-0.39, 0.29) is 31.9 Å². The summed E-state index contributed by atoms with van der Waals surface area (Å²) in [4.78, 5) is 18.1. The van der Waals surface area contributed by atoms with E-state index in [0.717, 1.165) is 6.20 Å². The first kappa shape index (κ1) is 26.3. The number of nitrogens with zero attached hydrogens (tertiary/aromatic N) is 4. The smallest absolute Gasteiger partial charge is 0.222 e. The third-order valence-electron chi connectivity index (χ3n) is 5.25. The summed E-state index contributed by atoms with van der Waals surface area (Å²) in [7, 11) is 1.68. The molecule has 2 aromatic carbocycles. The van der Waals surface area contributed by atoms with Crippen LogP contribution in [0.2, 0.25) is 10.0 Å². The van der Waals surface area contributed by atoms with Gasteiger partial charge in [-0.1, -0.05) is 35.3 Å². The summed E-state index contributed by atoms with van der Waals surface area (Å²) < 4.78 is 45.1. The van der Waals surface area contributed by atoms with Gasteiger partial charge in [0.15, 0.2) is 5.82 Å². The Kier molecular flexibility index (Phi) is 7.73. The Morgan fingerprint density at radius 3 is 2.39 bits per heavy atom. The summed E-state index contributed by atoms with van der Waals surface area (Å²) >= 11 is 11.6. The summed E-state index contributed by atoms with van der Waals surface area (Å²) in [6.07, 6.45) is 2.65. The van der Waals surface area contributed by atoms with Gasteiger partial charge in [0.25, 0.3) is 0 Å². The lowest BCUT2D eigenvalue weighted by Crippen LogP contribution is -2.15. The van der Waals surface area contributed by atoms with Gasteiger partial charge in [0.05, 0.1) is 38.2 Å². The van der Waals surface area contributed by atoms with Crippen molar-refractivity contribution in [2.45, 2.75) is 4.90 Å². The zero-order valence-corrected chi connectivity index (χ0v) is 22.5. The highest BCUT2D eigenvalue weighted by molar-refractivity contribution is 7.93. The zero-order valence-electron chi connectivity index (χ0n) is 19.4. The molecule has 2 N–H and O–H groups in total. The van der Waals surface area contributed by atoms with Crippen molar-refractivity contribution in [2.24, 2.45) is 0 Å². The molecule has 0 aliphatic rings. The molecule has 0 bridgehead atoms. The SMILES string of the molecule is CNc1nccc(-c2sc(-c3ccc(F)cn3)nc2-c2cccc(N[S+]([O-])c3c(Cl)cccc3Cl)c2F)n1. The molecule has 0 saturated carbocycles. The number of rotatable bonds is 7. The predicted molar refractivity (Wildman–Crippen MR) is 148 cm³/mol. The van der Waals surface area contributed by atoms with Crippen LogP contribution in [0.1, 0.15) is 0 Å². The Hall–Kier alpha value is -3.35. The van der Waals surface area contributed by atoms with E-state index in [1.807, 2.05) is 0 Å². The topological polar surface area (TPSA) is 98.7 Å². The molecule has 0 fully saturated rings. The van der Waals surface area contributed by atoms with Crippen LogP contribution in [0, 0.1) is 11.6 Å². The van der Waals surface area contributed by atoms with E-state index in [9.17, 15) is 8.94 Å². The van der Waals surface area contributed by atoms with E-state index in [4.69, 9.17) is 23.2 Å². The highest BCUT2D eigenvalue weighted by Crippen LogP contribution is 2.42. The monoisotopic (exact) mass is 588 g/mol. The van der Waals surface area contributed by atoms with Crippen molar-refractivity contribution in [2.75, 3.05) is 17.1 Å². The Balaban J connectivity index is 1.61. The molecular weight excluding hydrogens is 573 g/mol. The lowest BCUT2D eigenvalue weighted by atomic mass is 10.1. The van der Waals surface area contributed by atoms with Crippen molar-refractivity contribution in [3.63, 3.8) is 0 Å². The number of hydrogen-bond acceptors (Lipinski definition) is 8. The predicted octanol–water partition coefficient (Wildman–Crippen LogP) is 7.09. The second kappa shape index (κ2) is 11.2. The molecule has 5 rings (SSSR count). The van der Waals surface area contributed by atoms with Gasteiger partial charge < -0.3 is 9.87 Å². The minimum Gasteiger partial charge on any atom is -0.588 e. The average Bonchev–Trinajstić information content (AvgIpc) is 3.35. The quantitative estimate of drug-likeness (QED) is 0.196. The van der Waals surface area contributed by atoms with Crippen molar-refractivity contribution < 1.29 is 13.3 Å². The average molecular weight is 589 g/mol. The Bertz CT molecular complexity index is 1600. The molecule has 0 amide bonds. The highest BCUT2D eigenvalue weighted by Gasteiger charge is 2.25. The molecule has 1 unspecified atom stereocenters. The fraction of sp³-hybridized carbons (Fsp3) is 0.0400. The molecule has 192 valence electrons. The first-order chi connectivity index (χ1) is 18.4. The third kappa shape index (κ3) is 5.29. The van der Waals surface area contributed by atoms with Crippen molar-refractivity contribution in [1.82, 2.24) is 19.9 Å². The van der Waals surface area contributed by atoms with Crippen LogP contribution in [-0.4, -0.2) is 31.5 Å². The molecule has 0 aliphatic heterocycles. The van der Waals surface area contributed by atoms with Gasteiger partial charge in [0.2, 0.25) is 10.8 Å². The van der Waals surface area contributed by atoms with Crippen LogP contribution in [0.3, 0.4) is 0 Å². The minimum atomic E-state index is -1.95. The number of benzene rings is 2. The van der Waals surface area contributed by atoms with Gasteiger partial charge in [-0.3, -0.25) is 4.98 Å². The fourth-order valence-corrected chi connectivity index (χ4v) is 6.29. The van der Waals surface area contributed by atoms with E-state index in [0.29, 0.717) is 27.2 Å². The Morgan fingerprint density at radius 2 is 1.68 bits per heavy atom. The van der Waals surface area contributed by atoms with Gasteiger partial charge in [-0.2, -0.15) is 0 Å². The van der Waals surface area contributed by atoms with Gasteiger partial charge in [0.1, 0.15) is 27.9 Å². The fourth-order valence-electron chi connectivity index (χ4n) is 3.50. The standard InChI is InChI=1S/C25H16Cl2F2N6OS2/c1-30-25-31-11-10-18(33-25)22-21(34-24(37-22)19-9-8-13(28)12-32-19)14-4-2-7-17(20(14)29)35-38(36)23-15(26)5-3-6-16(23)27/h2-12,35H,1H3,(H,30,31,33). The summed E-state index contributed by atoms with van der Waals surface area (Å²) in [6, 6.07) is 13.7. The minimum absolute atomic E-state index is 0.0455. The molecule has 7 nitrogen and oxygen atoms in total. The molecule has 3 aromatic heterocycles. The van der Waals surface area contributed by atoms with E-state index >= 15 is 4.39 Å². The number of halogens is 4. The van der Waals surface area contributed by atoms with Gasteiger partial charge >= 0.3 is 0 Å². The normalized spacial score (nSPS) is 11.8. The van der Waals surface area contributed by atoms with Crippen molar-refractivity contribution in [1.29, 1.82) is 0 Å². The number of anilines is 2. The molecule has 5 aromatic rings. The first-order valence-corrected chi connectivity index (χ1v) is 13.6. The molecule has 3 heterocycles. The van der Waals surface area contributed by atoms with Crippen LogP contribution in [0.4, 0.5) is 20.4 Å². The lowest BCUT2D eigenvalue weighted by molar-refractivity contribution is 0.598. The number of aromatic nitrogens is 4. The number of hydrogen-bond donors (Lipinski definition) is 2. The van der Waals surface area contributed by atoms with Crippen LogP contribution in [0.15, 0.2) is 71.9 Å². The number of pyridine rings is 1. The van der Waals surface area contributed by atoms with Gasteiger partial charge in [-0.05, 0) is 42.5 Å². The lowest BCUT2D eigenvalue weighted by Gasteiger charge is -2.15. The van der Waals surface area contributed by atoms with Crippen molar-refractivity contribution in [3.8, 4) is 32.5 Å². The summed E-state index contributed by atoms with van der Waals surface area (Å²) in [5, 5.41) is 3.68. The first-order valence-electron chi connectivity index (χ1n) is 10.9. The van der Waals surface area contributed by atoms with Crippen LogP contribution in [-0.2, 0) is 11.4 Å². The van der Waals surface area contributed by atoms with Gasteiger partial charge in [-0.15, -0.1) is 11.3 Å². The molecule has 1 atom stereocenters. The summed E-state index contributed by atoms with van der Waals surface area (Å²) in [6.45, 7) is 0. The van der Waals surface area contributed by atoms with Gasteiger partial charge in [0, 0.05) is 18.8 Å². The highest BCUT2D eigenvalue weighted by atomic mass is 35.5. The van der Waals surface area contributed by atoms with Crippen molar-refractivity contribution >= 4 is 57.5 Å². The second-order valence-electron chi connectivity index (χ2n) is 7.66. The van der Waals surface area contributed by atoms with Crippen LogP contribution < -0.4 is 10.0 Å².